The molecule has 52 heavy (non-hydrogen) atoms. The van der Waals surface area contributed by atoms with Crippen LogP contribution in [0.4, 0.5) is 11.4 Å². The van der Waals surface area contributed by atoms with Crippen LogP contribution in [0.2, 0.25) is 0 Å². The maximum atomic E-state index is 13.1. The van der Waals surface area contributed by atoms with E-state index in [1.54, 1.807) is 12.1 Å². The van der Waals surface area contributed by atoms with Gasteiger partial charge in [0.2, 0.25) is 23.6 Å². The number of carbonyl (C=O) groups excluding carboxylic acids is 2. The molecule has 12 heteroatoms. The van der Waals surface area contributed by atoms with Gasteiger partial charge in [-0.15, -0.1) is 10.2 Å². The maximum absolute atomic E-state index is 13.1. The molecule has 270 valence electrons. The Hall–Kier alpha value is -5.49. The highest BCUT2D eigenvalue weighted by Gasteiger charge is 2.33. The van der Waals surface area contributed by atoms with Crippen molar-refractivity contribution < 1.29 is 23.6 Å². The summed E-state index contributed by atoms with van der Waals surface area (Å²) in [6.07, 6.45) is 2.74. The van der Waals surface area contributed by atoms with Crippen molar-refractivity contribution in [3.63, 3.8) is 0 Å². The van der Waals surface area contributed by atoms with Crippen molar-refractivity contribution in [1.82, 2.24) is 25.6 Å². The topological polar surface area (TPSA) is 150 Å². The Kier molecular flexibility index (Phi) is 10.1. The molecular weight excluding hydrogens is 658 g/mol. The molecule has 2 atom stereocenters. The number of carbonyl (C=O) groups is 2. The number of aromatic hydroxyl groups is 1. The average molecular weight is 704 g/mol. The Morgan fingerprint density at radius 3 is 2.48 bits per heavy atom. The van der Waals surface area contributed by atoms with E-state index in [1.807, 2.05) is 68.1 Å². The van der Waals surface area contributed by atoms with Gasteiger partial charge in [0.05, 0.1) is 18.3 Å². The first-order valence-corrected chi connectivity index (χ1v) is 18.0. The van der Waals surface area contributed by atoms with Crippen molar-refractivity contribution in [3.05, 3.63) is 95.2 Å². The fourth-order valence-electron chi connectivity index (χ4n) is 7.57. The second-order valence-corrected chi connectivity index (χ2v) is 13.9. The summed E-state index contributed by atoms with van der Waals surface area (Å²) in [5.41, 5.74) is 7.38. The third-order valence-corrected chi connectivity index (χ3v) is 10.2. The number of nitrogens with one attached hydrogen (secondary N) is 2. The number of anilines is 2. The molecule has 0 spiro atoms. The van der Waals surface area contributed by atoms with Crippen molar-refractivity contribution >= 4 is 23.2 Å². The third kappa shape index (κ3) is 7.43. The molecule has 1 saturated heterocycles. The maximum Gasteiger partial charge on any atom is 0.247 e. The Bertz CT molecular complexity index is 2030. The number of hydrogen-bond acceptors (Lipinski definition) is 10. The molecule has 5 aromatic rings. The van der Waals surface area contributed by atoms with Gasteiger partial charge in [0, 0.05) is 47.4 Å². The van der Waals surface area contributed by atoms with Gasteiger partial charge >= 0.3 is 0 Å². The summed E-state index contributed by atoms with van der Waals surface area (Å²) in [5.74, 6) is 1.67. The van der Waals surface area contributed by atoms with E-state index in [0.717, 1.165) is 83.0 Å². The van der Waals surface area contributed by atoms with Gasteiger partial charge in [-0.25, -0.2) is 0 Å². The Balaban J connectivity index is 0.898. The second-order valence-electron chi connectivity index (χ2n) is 13.9. The number of likely N-dealkylation sites (tertiary alicyclic amines) is 1. The van der Waals surface area contributed by atoms with Crippen molar-refractivity contribution in [2.45, 2.75) is 78.6 Å². The van der Waals surface area contributed by atoms with E-state index in [4.69, 9.17) is 8.94 Å². The van der Waals surface area contributed by atoms with Crippen molar-refractivity contribution in [2.24, 2.45) is 5.92 Å². The Morgan fingerprint density at radius 2 is 1.75 bits per heavy atom. The van der Waals surface area contributed by atoms with Crippen molar-refractivity contribution in [2.75, 3.05) is 23.3 Å². The highest BCUT2D eigenvalue weighted by molar-refractivity contribution is 5.95. The quantitative estimate of drug-likeness (QED) is 0.140. The number of fused-ring (bicyclic) bond motifs is 1. The first kappa shape index (κ1) is 34.9. The molecule has 3 N–H and O–H groups in total. The normalized spacial score (nSPS) is 17.9. The number of benzene rings is 3. The monoisotopic (exact) mass is 703 g/mol. The number of para-hydroxylation sites is 1. The van der Waals surface area contributed by atoms with Crippen LogP contribution in [0.5, 0.6) is 5.75 Å². The number of phenols is 1. The Labute approximate surface area is 303 Å². The lowest BCUT2D eigenvalue weighted by atomic mass is 9.91. The van der Waals surface area contributed by atoms with Crippen LogP contribution in [0, 0.1) is 19.8 Å². The first-order valence-electron chi connectivity index (χ1n) is 18.0. The van der Waals surface area contributed by atoms with E-state index in [-0.39, 0.29) is 42.1 Å². The molecule has 7 rings (SSSR count). The SMILES string of the molecule is CCC(=O)N1c2ccccc2[C@H](Nc2ccc(-c3nnc(CNC(=O)C4CCN(Cc5cc(O)cc(-c6c(C)noc6C)c5)CC4)o3)cc2)C[C@@H]1C. The summed E-state index contributed by atoms with van der Waals surface area (Å²) >= 11 is 0. The standard InChI is InChI=1S/C40H45N7O5/c1-5-37(49)47-24(2)18-34(33-8-6-7-9-35(33)47)42-31-12-10-29(11-13-31)40-44-43-36(51-40)22-41-39(50)28-14-16-46(17-15-28)23-27-19-30(21-32(48)20-27)38-25(3)45-52-26(38)4/h6-13,19-21,24,28,34,42,48H,5,14-18,22-23H2,1-4H3,(H,41,50)/t24-,34+/m0/s1. The van der Waals surface area contributed by atoms with E-state index in [1.165, 1.54) is 0 Å². The molecule has 0 saturated carbocycles. The number of rotatable bonds is 10. The van der Waals surface area contributed by atoms with Crippen molar-refractivity contribution in [1.29, 1.82) is 0 Å². The van der Waals surface area contributed by atoms with Gasteiger partial charge in [0.1, 0.15) is 11.5 Å². The molecule has 0 aliphatic carbocycles. The number of amides is 2. The zero-order chi connectivity index (χ0) is 36.4. The molecule has 2 aliphatic rings. The van der Waals surface area contributed by atoms with E-state index < -0.39 is 0 Å². The molecule has 2 aliphatic heterocycles. The molecule has 2 aromatic heterocycles. The second kappa shape index (κ2) is 15.0. The molecule has 0 bridgehead atoms. The summed E-state index contributed by atoms with van der Waals surface area (Å²) in [4.78, 5) is 30.0. The minimum atomic E-state index is -0.102. The van der Waals surface area contributed by atoms with Crippen LogP contribution in [0.1, 0.15) is 74.0 Å². The minimum Gasteiger partial charge on any atom is -0.508 e. The van der Waals surface area contributed by atoms with Gasteiger partial charge in [-0.1, -0.05) is 30.3 Å². The van der Waals surface area contributed by atoms with Crippen LogP contribution in [0.3, 0.4) is 0 Å². The highest BCUT2D eigenvalue weighted by Crippen LogP contribution is 2.39. The smallest absolute Gasteiger partial charge is 0.247 e. The van der Waals surface area contributed by atoms with Crippen LogP contribution in [0.25, 0.3) is 22.6 Å². The zero-order valence-electron chi connectivity index (χ0n) is 30.1. The third-order valence-electron chi connectivity index (χ3n) is 10.2. The number of phenolic OH excluding ortho intramolecular Hbond substituents is 1. The van der Waals surface area contributed by atoms with Crippen LogP contribution in [0.15, 0.2) is 75.7 Å². The predicted molar refractivity (Wildman–Crippen MR) is 197 cm³/mol. The number of hydrogen-bond donors (Lipinski definition) is 3. The summed E-state index contributed by atoms with van der Waals surface area (Å²) in [6.45, 7) is 10.1. The summed E-state index contributed by atoms with van der Waals surface area (Å²) in [5, 5.41) is 29.5. The molecule has 0 radical (unpaired) electrons. The zero-order valence-corrected chi connectivity index (χ0v) is 30.1. The van der Waals surface area contributed by atoms with Crippen molar-refractivity contribution in [3.8, 4) is 28.3 Å². The number of aromatic nitrogens is 3. The van der Waals surface area contributed by atoms with Crippen LogP contribution >= 0.6 is 0 Å². The molecule has 4 heterocycles. The van der Waals surface area contributed by atoms with Gasteiger partial charge in [0.25, 0.3) is 0 Å². The fraction of sp³-hybridized carbons (Fsp3) is 0.375. The van der Waals surface area contributed by atoms with Crippen LogP contribution in [-0.2, 0) is 22.7 Å². The molecule has 3 aromatic carbocycles. The average Bonchev–Trinajstić information content (AvgIpc) is 3.76. The van der Waals surface area contributed by atoms with Gasteiger partial charge in [-0.3, -0.25) is 14.5 Å². The fourth-order valence-corrected chi connectivity index (χ4v) is 7.57. The number of nitrogens with zero attached hydrogens (tertiary/aromatic N) is 5. The van der Waals surface area contributed by atoms with Gasteiger partial charge in [-0.05, 0) is 118 Å². The lowest BCUT2D eigenvalue weighted by Gasteiger charge is -2.40. The van der Waals surface area contributed by atoms with E-state index in [9.17, 15) is 14.7 Å². The van der Waals surface area contributed by atoms with E-state index in [2.05, 4.69) is 49.9 Å². The molecule has 0 unspecified atom stereocenters. The van der Waals surface area contributed by atoms with Crippen LogP contribution in [-0.4, -0.2) is 56.3 Å². The van der Waals surface area contributed by atoms with Crippen LogP contribution < -0.4 is 15.5 Å². The summed E-state index contributed by atoms with van der Waals surface area (Å²) in [6, 6.07) is 21.7. The molecule has 12 nitrogen and oxygen atoms in total. The number of piperidine rings is 1. The molecular formula is C40H45N7O5. The lowest BCUT2D eigenvalue weighted by Crippen LogP contribution is -2.44. The van der Waals surface area contributed by atoms with E-state index >= 15 is 0 Å². The largest absolute Gasteiger partial charge is 0.508 e. The van der Waals surface area contributed by atoms with E-state index in [0.29, 0.717) is 24.7 Å². The lowest BCUT2D eigenvalue weighted by molar-refractivity contribution is -0.126. The summed E-state index contributed by atoms with van der Waals surface area (Å²) < 4.78 is 11.2. The molecule has 2 amide bonds. The van der Waals surface area contributed by atoms with Gasteiger partial charge in [-0.2, -0.15) is 0 Å². The van der Waals surface area contributed by atoms with Gasteiger partial charge < -0.3 is 29.6 Å². The highest BCUT2D eigenvalue weighted by atomic mass is 16.5. The Morgan fingerprint density at radius 1 is 0.981 bits per heavy atom. The minimum absolute atomic E-state index is 0.0198. The summed E-state index contributed by atoms with van der Waals surface area (Å²) in [7, 11) is 0. The van der Waals surface area contributed by atoms with Gasteiger partial charge in [0.15, 0.2) is 0 Å². The first-order chi connectivity index (χ1) is 25.2. The molecule has 1 fully saturated rings. The number of aryl methyl sites for hydroxylation is 2. The predicted octanol–water partition coefficient (Wildman–Crippen LogP) is 6.93.